The van der Waals surface area contributed by atoms with Crippen molar-refractivity contribution in [3.05, 3.63) is 51.7 Å². The van der Waals surface area contributed by atoms with Gasteiger partial charge in [0.15, 0.2) is 17.4 Å². The van der Waals surface area contributed by atoms with Crippen LogP contribution in [0.5, 0.6) is 11.5 Å². The molecule has 0 spiro atoms. The van der Waals surface area contributed by atoms with Crippen LogP contribution < -0.4 is 14.6 Å². The van der Waals surface area contributed by atoms with E-state index in [1.54, 1.807) is 12.1 Å². The number of benzene rings is 2. The van der Waals surface area contributed by atoms with Gasteiger partial charge >= 0.3 is 11.9 Å². The lowest BCUT2D eigenvalue weighted by molar-refractivity contribution is -0.255. The van der Waals surface area contributed by atoms with Crippen molar-refractivity contribution in [1.29, 1.82) is 0 Å². The van der Waals surface area contributed by atoms with E-state index < -0.39 is 65.3 Å². The van der Waals surface area contributed by atoms with Gasteiger partial charge in [-0.05, 0) is 79.9 Å². The minimum atomic E-state index is -2.50. The molecule has 0 aliphatic heterocycles. The molecule has 0 saturated heterocycles. The van der Waals surface area contributed by atoms with Crippen LogP contribution in [0.25, 0.3) is 0 Å². The van der Waals surface area contributed by atoms with E-state index in [1.165, 1.54) is 0 Å². The first-order valence-corrected chi connectivity index (χ1v) is 10.8. The fourth-order valence-electron chi connectivity index (χ4n) is 2.04. The summed E-state index contributed by atoms with van der Waals surface area (Å²) < 4.78 is 66.3. The highest BCUT2D eigenvalue weighted by Gasteiger charge is 2.29. The molecule has 0 aliphatic rings. The summed E-state index contributed by atoms with van der Waals surface area (Å²) in [5, 5.41) is 10.6. The van der Waals surface area contributed by atoms with E-state index in [0.717, 1.165) is 3.57 Å². The molecule has 2 aromatic carbocycles. The minimum Gasteiger partial charge on any atom is -0.545 e. The molecule has 2 aromatic rings. The lowest BCUT2D eigenvalue weighted by atomic mass is 10.1. The molecule has 2 rings (SSSR count). The van der Waals surface area contributed by atoms with Gasteiger partial charge in [0.25, 0.3) is 0 Å². The van der Waals surface area contributed by atoms with Gasteiger partial charge in [-0.3, -0.25) is 9.59 Å². The van der Waals surface area contributed by atoms with Crippen molar-refractivity contribution in [1.82, 2.24) is 0 Å². The molecule has 0 atom stereocenters. The topological polar surface area (TPSA) is 92.7 Å². The molecular formula is C17H6F4I3O6-. The summed E-state index contributed by atoms with van der Waals surface area (Å²) in [5.74, 6) is -15.3. The van der Waals surface area contributed by atoms with Crippen LogP contribution in [0.2, 0.25) is 0 Å². The molecule has 0 N–H and O–H groups in total. The fraction of sp³-hybridized carbons (Fsp3) is 0.118. The fourth-order valence-corrected chi connectivity index (χ4v) is 5.84. The number of ether oxygens (including phenoxy) is 2. The van der Waals surface area contributed by atoms with E-state index in [4.69, 9.17) is 4.74 Å². The third-order valence-corrected chi connectivity index (χ3v) is 5.58. The first-order valence-electron chi connectivity index (χ1n) is 7.57. The second-order valence-electron chi connectivity index (χ2n) is 5.39. The summed E-state index contributed by atoms with van der Waals surface area (Å²) in [6.45, 7) is 0. The molecule has 0 amide bonds. The molecule has 6 nitrogen and oxygen atoms in total. The maximum atomic E-state index is 13.8. The van der Waals surface area contributed by atoms with E-state index in [0.29, 0.717) is 7.14 Å². The normalized spacial score (nSPS) is 10.6. The Morgan fingerprint density at radius 3 is 1.57 bits per heavy atom. The van der Waals surface area contributed by atoms with Gasteiger partial charge in [0, 0.05) is 3.57 Å². The summed E-state index contributed by atoms with van der Waals surface area (Å²) in [4.78, 5) is 34.3. The molecular weight excluding hydrogens is 757 g/mol. The van der Waals surface area contributed by atoms with E-state index >= 15 is 0 Å². The molecule has 13 heteroatoms. The zero-order chi connectivity index (χ0) is 22.7. The van der Waals surface area contributed by atoms with Gasteiger partial charge in [0.05, 0.1) is 31.5 Å². The minimum absolute atomic E-state index is 0.258. The predicted molar refractivity (Wildman–Crippen MR) is 116 cm³/mol. The van der Waals surface area contributed by atoms with Gasteiger partial charge in [-0.1, -0.05) is 0 Å². The highest BCUT2D eigenvalue weighted by molar-refractivity contribution is 14.1. The van der Waals surface area contributed by atoms with Crippen molar-refractivity contribution in [2.45, 2.75) is 12.8 Å². The number of carbonyl (C=O) groups is 3. The second kappa shape index (κ2) is 10.4. The van der Waals surface area contributed by atoms with Crippen LogP contribution in [0.15, 0.2) is 12.1 Å². The molecule has 0 saturated carbocycles. The van der Waals surface area contributed by atoms with Crippen LogP contribution in [0.4, 0.5) is 17.6 Å². The highest BCUT2D eigenvalue weighted by Crippen LogP contribution is 2.31. The Morgan fingerprint density at radius 2 is 1.17 bits per heavy atom. The molecule has 0 unspecified atom stereocenters. The molecule has 0 fully saturated rings. The largest absolute Gasteiger partial charge is 0.545 e. The average Bonchev–Trinajstić information content (AvgIpc) is 2.64. The zero-order valence-electron chi connectivity index (χ0n) is 14.2. The maximum absolute atomic E-state index is 13.8. The Bertz CT molecular complexity index is 1010. The number of carboxylic acids is 1. The molecule has 0 heterocycles. The van der Waals surface area contributed by atoms with Crippen LogP contribution >= 0.6 is 67.8 Å². The van der Waals surface area contributed by atoms with Crippen molar-refractivity contribution < 1.29 is 46.5 Å². The van der Waals surface area contributed by atoms with Gasteiger partial charge in [0.2, 0.25) is 17.4 Å². The maximum Gasteiger partial charge on any atom is 0.311 e. The lowest BCUT2D eigenvalue weighted by Gasteiger charge is -2.12. The first-order chi connectivity index (χ1) is 13.9. The zero-order valence-corrected chi connectivity index (χ0v) is 20.6. The van der Waals surface area contributed by atoms with E-state index in [2.05, 4.69) is 27.3 Å². The third-order valence-electron chi connectivity index (χ3n) is 3.36. The number of hydrogen-bond acceptors (Lipinski definition) is 6. The Kier molecular flexibility index (Phi) is 8.66. The number of aromatic carboxylic acids is 1. The Labute approximate surface area is 206 Å². The van der Waals surface area contributed by atoms with Gasteiger partial charge < -0.3 is 19.4 Å². The molecule has 0 aliphatic carbocycles. The SMILES string of the molecule is O=C(CCC(=O)Oc1c(F)c(F)c(C(=O)[O-])c(F)c1F)Oc1c(I)cc(I)cc1I. The van der Waals surface area contributed by atoms with Gasteiger partial charge in [-0.25, -0.2) is 8.78 Å². The quantitative estimate of drug-likeness (QED) is 0.147. The third kappa shape index (κ3) is 5.71. The molecule has 0 aromatic heterocycles. The van der Waals surface area contributed by atoms with Crippen molar-refractivity contribution >= 4 is 85.7 Å². The molecule has 160 valence electrons. The summed E-state index contributed by atoms with van der Waals surface area (Å²) in [6, 6.07) is 3.48. The monoisotopic (exact) mass is 763 g/mol. The predicted octanol–water partition coefficient (Wildman–Crippen LogP) is 3.71. The van der Waals surface area contributed by atoms with Gasteiger partial charge in [-0.15, -0.1) is 0 Å². The number of carboxylic acid groups (broad SMARTS) is 1. The van der Waals surface area contributed by atoms with Crippen molar-refractivity contribution in [2.24, 2.45) is 0 Å². The number of halogens is 7. The number of esters is 2. The summed E-state index contributed by atoms with van der Waals surface area (Å²) in [5.41, 5.74) is -1.98. The molecule has 0 bridgehead atoms. The molecule has 30 heavy (non-hydrogen) atoms. The second-order valence-corrected chi connectivity index (χ2v) is 8.96. The van der Waals surface area contributed by atoms with Gasteiger partial charge in [0.1, 0.15) is 0 Å². The smallest absolute Gasteiger partial charge is 0.311 e. The standard InChI is InChI=1S/C17H7F4I3O6/c18-11-10(17(27)28)12(19)14(21)16(13(11)20)30-9(26)2-1-8(25)29-15-6(23)3-5(22)4-7(15)24/h3-4H,1-2H2,(H,27,28)/p-1. The Morgan fingerprint density at radius 1 is 0.767 bits per heavy atom. The first kappa shape index (κ1) is 25.0. The number of rotatable bonds is 6. The van der Waals surface area contributed by atoms with Crippen molar-refractivity contribution in [2.75, 3.05) is 0 Å². The molecule has 0 radical (unpaired) electrons. The van der Waals surface area contributed by atoms with Gasteiger partial charge in [-0.2, -0.15) is 8.78 Å². The lowest BCUT2D eigenvalue weighted by Crippen LogP contribution is -2.27. The van der Waals surface area contributed by atoms with E-state index in [1.807, 2.05) is 45.2 Å². The number of hydrogen-bond donors (Lipinski definition) is 0. The van der Waals surface area contributed by atoms with Crippen LogP contribution in [-0.4, -0.2) is 17.9 Å². The van der Waals surface area contributed by atoms with Crippen molar-refractivity contribution in [3.63, 3.8) is 0 Å². The van der Waals surface area contributed by atoms with Crippen LogP contribution in [-0.2, 0) is 9.59 Å². The summed E-state index contributed by atoms with van der Waals surface area (Å²) in [7, 11) is 0. The van der Waals surface area contributed by atoms with Crippen molar-refractivity contribution in [3.8, 4) is 11.5 Å². The highest BCUT2D eigenvalue weighted by atomic mass is 127. The Balaban J connectivity index is 2.09. The van der Waals surface area contributed by atoms with Crippen LogP contribution in [0.1, 0.15) is 23.2 Å². The Hall–Kier alpha value is -1.24. The van der Waals surface area contributed by atoms with Crippen LogP contribution in [0.3, 0.4) is 0 Å². The van der Waals surface area contributed by atoms with E-state index in [9.17, 15) is 37.1 Å². The number of carbonyl (C=O) groups excluding carboxylic acids is 3. The van der Waals surface area contributed by atoms with Crippen LogP contribution in [0, 0.1) is 34.0 Å². The average molecular weight is 763 g/mol. The van der Waals surface area contributed by atoms with E-state index in [-0.39, 0.29) is 5.75 Å². The summed E-state index contributed by atoms with van der Waals surface area (Å²) in [6.07, 6.45) is -1.30. The summed E-state index contributed by atoms with van der Waals surface area (Å²) >= 11 is 5.96.